The van der Waals surface area contributed by atoms with Gasteiger partial charge in [0.15, 0.2) is 0 Å². The second kappa shape index (κ2) is 13.3. The van der Waals surface area contributed by atoms with Crippen molar-refractivity contribution in [1.29, 1.82) is 0 Å². The topological polar surface area (TPSA) is 86.8 Å². The molecule has 0 aromatic heterocycles. The van der Waals surface area contributed by atoms with E-state index in [-0.39, 0.29) is 18.5 Å². The molecule has 0 radical (unpaired) electrons. The Balaban J connectivity index is 1.94. The molecule has 0 spiro atoms. The Morgan fingerprint density at radius 1 is 1.11 bits per heavy atom. The molecule has 0 saturated heterocycles. The highest BCUT2D eigenvalue weighted by Gasteiger charge is 2.33. The Morgan fingerprint density at radius 3 is 2.41 bits per heavy atom. The van der Waals surface area contributed by atoms with Gasteiger partial charge in [-0.3, -0.25) is 13.9 Å². The molecule has 1 aliphatic carbocycles. The molecule has 2 amide bonds. The standard InChI is InChI=1S/C26H32BrCl2N3O4S/c1-3-24(26(34)30-21-9-5-4-6-10-21)31(16-18-12-13-20(28)15-23(18)29)25(33)17-32(37(2,35)36)22-11-7-8-19(27)14-22/h7-8,11-15,21,24H,3-6,9-10,16-17H2,1-2H3,(H,30,34)/t24-/m1/s1. The van der Waals surface area contributed by atoms with Gasteiger partial charge in [0.25, 0.3) is 0 Å². The molecule has 3 rings (SSSR count). The Hall–Kier alpha value is -1.81. The van der Waals surface area contributed by atoms with Crippen LogP contribution in [-0.2, 0) is 26.2 Å². The number of amides is 2. The van der Waals surface area contributed by atoms with Crippen LogP contribution >= 0.6 is 39.1 Å². The highest BCUT2D eigenvalue weighted by Crippen LogP contribution is 2.26. The molecule has 1 saturated carbocycles. The van der Waals surface area contributed by atoms with Gasteiger partial charge in [-0.15, -0.1) is 0 Å². The normalized spacial score (nSPS) is 15.2. The first-order chi connectivity index (χ1) is 17.5. The lowest BCUT2D eigenvalue weighted by atomic mass is 9.95. The highest BCUT2D eigenvalue weighted by molar-refractivity contribution is 9.10. The lowest BCUT2D eigenvalue weighted by Crippen LogP contribution is -2.54. The largest absolute Gasteiger partial charge is 0.352 e. The van der Waals surface area contributed by atoms with Crippen LogP contribution in [0.1, 0.15) is 51.0 Å². The fraction of sp³-hybridized carbons (Fsp3) is 0.462. The third-order valence-corrected chi connectivity index (χ3v) is 8.69. The van der Waals surface area contributed by atoms with Crippen molar-refractivity contribution in [3.05, 3.63) is 62.5 Å². The van der Waals surface area contributed by atoms with Crippen LogP contribution in [0.5, 0.6) is 0 Å². The summed E-state index contributed by atoms with van der Waals surface area (Å²) in [5, 5.41) is 3.92. The molecule has 7 nitrogen and oxygen atoms in total. The molecule has 37 heavy (non-hydrogen) atoms. The van der Waals surface area contributed by atoms with Gasteiger partial charge in [0.1, 0.15) is 12.6 Å². The van der Waals surface area contributed by atoms with Crippen LogP contribution in [0.2, 0.25) is 10.0 Å². The first kappa shape index (κ1) is 29.7. The molecule has 0 unspecified atom stereocenters. The van der Waals surface area contributed by atoms with Crippen molar-refractivity contribution in [3.63, 3.8) is 0 Å². The smallest absolute Gasteiger partial charge is 0.244 e. The number of hydrogen-bond donors (Lipinski definition) is 1. The van der Waals surface area contributed by atoms with Crippen LogP contribution in [0, 0.1) is 0 Å². The number of anilines is 1. The number of hydrogen-bond acceptors (Lipinski definition) is 4. The third-order valence-electron chi connectivity index (χ3n) is 6.47. The van der Waals surface area contributed by atoms with Gasteiger partial charge in [0, 0.05) is 27.1 Å². The van der Waals surface area contributed by atoms with Gasteiger partial charge in [-0.1, -0.05) is 77.5 Å². The molecule has 2 aromatic rings. The molecule has 1 N–H and O–H groups in total. The molecule has 2 aromatic carbocycles. The van der Waals surface area contributed by atoms with E-state index in [1.807, 2.05) is 6.92 Å². The lowest BCUT2D eigenvalue weighted by molar-refractivity contribution is -0.140. The van der Waals surface area contributed by atoms with Crippen molar-refractivity contribution in [2.24, 2.45) is 0 Å². The molecule has 0 aliphatic heterocycles. The van der Waals surface area contributed by atoms with Gasteiger partial charge in [0.2, 0.25) is 21.8 Å². The third kappa shape index (κ3) is 8.34. The van der Waals surface area contributed by atoms with E-state index < -0.39 is 28.5 Å². The Bertz CT molecular complexity index is 1220. The van der Waals surface area contributed by atoms with E-state index in [4.69, 9.17) is 23.2 Å². The zero-order chi connectivity index (χ0) is 27.2. The van der Waals surface area contributed by atoms with Crippen molar-refractivity contribution in [3.8, 4) is 0 Å². The summed E-state index contributed by atoms with van der Waals surface area (Å²) in [6, 6.07) is 10.9. The number of sulfonamides is 1. The maximum atomic E-state index is 13.8. The van der Waals surface area contributed by atoms with E-state index in [2.05, 4.69) is 21.2 Å². The molecule has 1 fully saturated rings. The van der Waals surface area contributed by atoms with Crippen LogP contribution in [0.15, 0.2) is 46.9 Å². The van der Waals surface area contributed by atoms with Gasteiger partial charge in [-0.05, 0) is 55.2 Å². The van der Waals surface area contributed by atoms with E-state index in [9.17, 15) is 18.0 Å². The fourth-order valence-electron chi connectivity index (χ4n) is 4.54. The Morgan fingerprint density at radius 2 is 1.81 bits per heavy atom. The quantitative estimate of drug-likeness (QED) is 0.360. The molecule has 0 heterocycles. The number of benzene rings is 2. The van der Waals surface area contributed by atoms with Crippen molar-refractivity contribution >= 4 is 66.7 Å². The second-order valence-electron chi connectivity index (χ2n) is 9.27. The van der Waals surface area contributed by atoms with E-state index in [0.29, 0.717) is 32.2 Å². The van der Waals surface area contributed by atoms with Crippen LogP contribution in [-0.4, -0.2) is 50.0 Å². The Kier molecular flexibility index (Phi) is 10.7. The van der Waals surface area contributed by atoms with E-state index >= 15 is 0 Å². The minimum Gasteiger partial charge on any atom is -0.352 e. The molecule has 202 valence electrons. The number of halogens is 3. The molecule has 0 bridgehead atoms. The van der Waals surface area contributed by atoms with E-state index in [0.717, 1.165) is 42.7 Å². The number of carbonyl (C=O) groups is 2. The summed E-state index contributed by atoms with van der Waals surface area (Å²) in [7, 11) is -3.80. The molecule has 11 heteroatoms. The second-order valence-corrected chi connectivity index (χ2v) is 12.9. The van der Waals surface area contributed by atoms with Gasteiger partial charge in [0.05, 0.1) is 11.9 Å². The Labute approximate surface area is 237 Å². The lowest BCUT2D eigenvalue weighted by Gasteiger charge is -2.34. The van der Waals surface area contributed by atoms with Crippen molar-refractivity contribution < 1.29 is 18.0 Å². The summed E-state index contributed by atoms with van der Waals surface area (Å²) < 4.78 is 27.1. The van der Waals surface area contributed by atoms with Crippen molar-refractivity contribution in [2.45, 2.75) is 64.1 Å². The highest BCUT2D eigenvalue weighted by atomic mass is 79.9. The number of nitrogens with one attached hydrogen (secondary N) is 1. The van der Waals surface area contributed by atoms with Crippen LogP contribution in [0.25, 0.3) is 0 Å². The first-order valence-electron chi connectivity index (χ1n) is 12.3. The monoisotopic (exact) mass is 631 g/mol. The summed E-state index contributed by atoms with van der Waals surface area (Å²) in [4.78, 5) is 28.6. The van der Waals surface area contributed by atoms with Gasteiger partial charge in [-0.2, -0.15) is 0 Å². The zero-order valence-electron chi connectivity index (χ0n) is 20.9. The maximum absolute atomic E-state index is 13.8. The van der Waals surface area contributed by atoms with Crippen molar-refractivity contribution in [1.82, 2.24) is 10.2 Å². The molecule has 1 atom stereocenters. The minimum atomic E-state index is -3.80. The number of carbonyl (C=O) groups excluding carboxylic acids is 2. The maximum Gasteiger partial charge on any atom is 0.244 e. The van der Waals surface area contributed by atoms with Crippen LogP contribution < -0.4 is 9.62 Å². The van der Waals surface area contributed by atoms with Crippen LogP contribution in [0.3, 0.4) is 0 Å². The summed E-state index contributed by atoms with van der Waals surface area (Å²) in [5.74, 6) is -0.761. The predicted molar refractivity (Wildman–Crippen MR) is 152 cm³/mol. The van der Waals surface area contributed by atoms with Gasteiger partial charge in [-0.25, -0.2) is 8.42 Å². The molecular formula is C26H32BrCl2N3O4S. The summed E-state index contributed by atoms with van der Waals surface area (Å²) >= 11 is 15.8. The molecular weight excluding hydrogens is 601 g/mol. The van der Waals surface area contributed by atoms with Crippen molar-refractivity contribution in [2.75, 3.05) is 17.1 Å². The van der Waals surface area contributed by atoms with E-state index in [1.54, 1.807) is 42.5 Å². The summed E-state index contributed by atoms with van der Waals surface area (Å²) in [6.07, 6.45) is 6.48. The fourth-order valence-corrected chi connectivity index (χ4v) is 6.24. The first-order valence-corrected chi connectivity index (χ1v) is 15.7. The summed E-state index contributed by atoms with van der Waals surface area (Å²) in [5.41, 5.74) is 0.950. The van der Waals surface area contributed by atoms with Crippen LogP contribution in [0.4, 0.5) is 5.69 Å². The predicted octanol–water partition coefficient (Wildman–Crippen LogP) is 5.78. The summed E-state index contributed by atoms with van der Waals surface area (Å²) in [6.45, 7) is 1.40. The molecule has 1 aliphatic rings. The van der Waals surface area contributed by atoms with Gasteiger partial charge < -0.3 is 10.2 Å². The zero-order valence-corrected chi connectivity index (χ0v) is 24.8. The minimum absolute atomic E-state index is 0.0293. The average molecular weight is 633 g/mol. The number of nitrogens with zero attached hydrogens (tertiary/aromatic N) is 2. The van der Waals surface area contributed by atoms with Gasteiger partial charge >= 0.3 is 0 Å². The number of rotatable bonds is 10. The van der Waals surface area contributed by atoms with E-state index in [1.165, 1.54) is 4.90 Å². The SMILES string of the molecule is CC[C@H](C(=O)NC1CCCCC1)N(Cc1ccc(Cl)cc1Cl)C(=O)CN(c1cccc(Br)c1)S(C)(=O)=O. The average Bonchev–Trinajstić information content (AvgIpc) is 2.83.